The van der Waals surface area contributed by atoms with Crippen molar-refractivity contribution < 1.29 is 13.2 Å². The van der Waals surface area contributed by atoms with Gasteiger partial charge in [0.25, 0.3) is 5.88 Å². The van der Waals surface area contributed by atoms with Gasteiger partial charge in [0, 0.05) is 18.6 Å². The molecule has 0 aliphatic rings. The van der Waals surface area contributed by atoms with Crippen LogP contribution in [0.25, 0.3) is 0 Å². The van der Waals surface area contributed by atoms with Crippen molar-refractivity contribution in [3.05, 3.63) is 36.7 Å². The van der Waals surface area contributed by atoms with Gasteiger partial charge in [-0.2, -0.15) is 0 Å². The number of benzene rings is 1. The molecule has 1 aromatic heterocycles. The second-order valence-electron chi connectivity index (χ2n) is 3.60. The Labute approximate surface area is 104 Å². The van der Waals surface area contributed by atoms with Crippen molar-refractivity contribution in [3.8, 4) is 11.6 Å². The van der Waals surface area contributed by atoms with Gasteiger partial charge in [-0.15, -0.1) is 0 Å². The predicted octanol–water partition coefficient (Wildman–Crippen LogP) is 1.25. The average Bonchev–Trinajstić information content (AvgIpc) is 2.31. The van der Waals surface area contributed by atoms with Crippen LogP contribution >= 0.6 is 0 Å². The Balaban J connectivity index is 2.34. The number of anilines is 1. The first-order chi connectivity index (χ1) is 8.47. The zero-order valence-electron chi connectivity index (χ0n) is 9.57. The SMILES string of the molecule is CS(=O)(=O)c1cccc(Oc2nccnc2N)c1. The Morgan fingerprint density at radius 3 is 2.61 bits per heavy atom. The second kappa shape index (κ2) is 4.61. The fourth-order valence-electron chi connectivity index (χ4n) is 1.29. The van der Waals surface area contributed by atoms with Crippen LogP contribution in [0.3, 0.4) is 0 Å². The molecule has 0 unspecified atom stereocenters. The molecule has 0 aliphatic carbocycles. The summed E-state index contributed by atoms with van der Waals surface area (Å²) in [4.78, 5) is 7.89. The third-order valence-corrected chi connectivity index (χ3v) is 3.25. The van der Waals surface area contributed by atoms with Crippen LogP contribution in [0.1, 0.15) is 0 Å². The molecule has 2 rings (SSSR count). The molecule has 0 radical (unpaired) electrons. The largest absolute Gasteiger partial charge is 0.436 e. The third kappa shape index (κ3) is 2.75. The number of rotatable bonds is 3. The van der Waals surface area contributed by atoms with Gasteiger partial charge in [-0.3, -0.25) is 0 Å². The molecule has 2 N–H and O–H groups in total. The number of hydrogen-bond donors (Lipinski definition) is 1. The molecule has 0 spiro atoms. The van der Waals surface area contributed by atoms with Gasteiger partial charge in [0.1, 0.15) is 5.75 Å². The minimum absolute atomic E-state index is 0.141. The molecular weight excluding hydrogens is 254 g/mol. The molecular formula is C11H11N3O3S. The fraction of sp³-hybridized carbons (Fsp3) is 0.0909. The molecule has 0 aliphatic heterocycles. The topological polar surface area (TPSA) is 95.2 Å². The van der Waals surface area contributed by atoms with E-state index in [9.17, 15) is 8.42 Å². The fourth-order valence-corrected chi connectivity index (χ4v) is 1.95. The van der Waals surface area contributed by atoms with E-state index in [1.54, 1.807) is 12.1 Å². The zero-order chi connectivity index (χ0) is 13.2. The molecule has 94 valence electrons. The highest BCUT2D eigenvalue weighted by Gasteiger charge is 2.09. The lowest BCUT2D eigenvalue weighted by atomic mass is 10.3. The van der Waals surface area contributed by atoms with Gasteiger partial charge in [0.15, 0.2) is 15.7 Å². The van der Waals surface area contributed by atoms with Crippen LogP contribution in [0.5, 0.6) is 11.6 Å². The lowest BCUT2D eigenvalue weighted by Crippen LogP contribution is -1.99. The van der Waals surface area contributed by atoms with Crippen LogP contribution in [-0.4, -0.2) is 24.6 Å². The van der Waals surface area contributed by atoms with Crippen molar-refractivity contribution >= 4 is 15.7 Å². The minimum atomic E-state index is -3.28. The van der Waals surface area contributed by atoms with Crippen LogP contribution in [0, 0.1) is 0 Å². The van der Waals surface area contributed by atoms with E-state index in [0.29, 0.717) is 5.75 Å². The van der Waals surface area contributed by atoms with E-state index in [1.807, 2.05) is 0 Å². The van der Waals surface area contributed by atoms with Gasteiger partial charge >= 0.3 is 0 Å². The Morgan fingerprint density at radius 2 is 1.94 bits per heavy atom. The number of nitrogens with zero attached hydrogens (tertiary/aromatic N) is 2. The molecule has 7 heteroatoms. The lowest BCUT2D eigenvalue weighted by molar-refractivity contribution is 0.461. The van der Waals surface area contributed by atoms with Gasteiger partial charge in [0.05, 0.1) is 4.90 Å². The molecule has 0 atom stereocenters. The Hall–Kier alpha value is -2.15. The maximum atomic E-state index is 11.4. The Bertz CT molecular complexity index is 671. The highest BCUT2D eigenvalue weighted by molar-refractivity contribution is 7.90. The van der Waals surface area contributed by atoms with Crippen molar-refractivity contribution in [3.63, 3.8) is 0 Å². The summed E-state index contributed by atoms with van der Waals surface area (Å²) in [5.74, 6) is 0.621. The van der Waals surface area contributed by atoms with E-state index in [2.05, 4.69) is 9.97 Å². The second-order valence-corrected chi connectivity index (χ2v) is 5.61. The standard InChI is InChI=1S/C11H11N3O3S/c1-18(15,16)9-4-2-3-8(7-9)17-11-10(12)13-5-6-14-11/h2-7H,1H3,(H2,12,13). The summed E-state index contributed by atoms with van der Waals surface area (Å²) < 4.78 is 28.2. The van der Waals surface area contributed by atoms with Crippen LogP contribution in [0.2, 0.25) is 0 Å². The maximum absolute atomic E-state index is 11.4. The van der Waals surface area contributed by atoms with E-state index in [0.717, 1.165) is 6.26 Å². The number of sulfone groups is 1. The first-order valence-corrected chi connectivity index (χ1v) is 6.90. The number of nitrogen functional groups attached to an aromatic ring is 1. The van der Waals surface area contributed by atoms with Crippen molar-refractivity contribution in [2.24, 2.45) is 0 Å². The predicted molar refractivity (Wildman–Crippen MR) is 66.1 cm³/mol. The van der Waals surface area contributed by atoms with Crippen LogP contribution < -0.4 is 10.5 Å². The van der Waals surface area contributed by atoms with Gasteiger partial charge in [-0.25, -0.2) is 18.4 Å². The number of aromatic nitrogens is 2. The smallest absolute Gasteiger partial charge is 0.262 e. The van der Waals surface area contributed by atoms with Crippen LogP contribution in [0.15, 0.2) is 41.6 Å². The molecule has 0 saturated heterocycles. The quantitative estimate of drug-likeness (QED) is 0.897. The molecule has 1 aromatic carbocycles. The van der Waals surface area contributed by atoms with Gasteiger partial charge < -0.3 is 10.5 Å². The van der Waals surface area contributed by atoms with Gasteiger partial charge in [-0.05, 0) is 18.2 Å². The molecule has 0 saturated carbocycles. The van der Waals surface area contributed by atoms with E-state index < -0.39 is 9.84 Å². The van der Waals surface area contributed by atoms with Crippen molar-refractivity contribution in [1.29, 1.82) is 0 Å². The lowest BCUT2D eigenvalue weighted by Gasteiger charge is -2.07. The minimum Gasteiger partial charge on any atom is -0.436 e. The zero-order valence-corrected chi connectivity index (χ0v) is 10.4. The van der Waals surface area contributed by atoms with Crippen LogP contribution in [-0.2, 0) is 9.84 Å². The van der Waals surface area contributed by atoms with Gasteiger partial charge in [0.2, 0.25) is 0 Å². The average molecular weight is 265 g/mol. The highest BCUT2D eigenvalue weighted by Crippen LogP contribution is 2.24. The van der Waals surface area contributed by atoms with E-state index in [4.69, 9.17) is 10.5 Å². The van der Waals surface area contributed by atoms with Crippen LogP contribution in [0.4, 0.5) is 5.82 Å². The van der Waals surface area contributed by atoms with Gasteiger partial charge in [-0.1, -0.05) is 6.07 Å². The highest BCUT2D eigenvalue weighted by atomic mass is 32.2. The summed E-state index contributed by atoms with van der Waals surface area (Å²) >= 11 is 0. The summed E-state index contributed by atoms with van der Waals surface area (Å²) in [7, 11) is -3.28. The first-order valence-electron chi connectivity index (χ1n) is 5.01. The molecule has 6 nitrogen and oxygen atoms in total. The molecule has 0 bridgehead atoms. The normalized spacial score (nSPS) is 11.2. The molecule has 0 fully saturated rings. The molecule has 18 heavy (non-hydrogen) atoms. The summed E-state index contributed by atoms with van der Waals surface area (Å²) in [6.07, 6.45) is 4.00. The number of ether oxygens (including phenoxy) is 1. The molecule has 1 heterocycles. The summed E-state index contributed by atoms with van der Waals surface area (Å²) in [5, 5.41) is 0. The third-order valence-electron chi connectivity index (χ3n) is 2.14. The van der Waals surface area contributed by atoms with Crippen molar-refractivity contribution in [1.82, 2.24) is 9.97 Å². The van der Waals surface area contributed by atoms with E-state index in [-0.39, 0.29) is 16.6 Å². The van der Waals surface area contributed by atoms with E-state index in [1.165, 1.54) is 24.5 Å². The summed E-state index contributed by atoms with van der Waals surface area (Å²) in [6, 6.07) is 6.09. The molecule has 0 amide bonds. The molecule has 2 aromatic rings. The maximum Gasteiger partial charge on any atom is 0.262 e. The van der Waals surface area contributed by atoms with E-state index >= 15 is 0 Å². The van der Waals surface area contributed by atoms with Crippen molar-refractivity contribution in [2.75, 3.05) is 12.0 Å². The Kier molecular flexibility index (Phi) is 3.15. The van der Waals surface area contributed by atoms with Crippen molar-refractivity contribution in [2.45, 2.75) is 4.90 Å². The Morgan fingerprint density at radius 1 is 1.22 bits per heavy atom. The monoisotopic (exact) mass is 265 g/mol. The number of nitrogens with two attached hydrogens (primary N) is 1. The summed E-state index contributed by atoms with van der Waals surface area (Å²) in [6.45, 7) is 0. The summed E-state index contributed by atoms with van der Waals surface area (Å²) in [5.41, 5.74) is 5.58. The number of hydrogen-bond acceptors (Lipinski definition) is 6. The first kappa shape index (κ1) is 12.3.